The highest BCUT2D eigenvalue weighted by Gasteiger charge is 2.43. The van der Waals surface area contributed by atoms with Gasteiger partial charge in [-0.2, -0.15) is 0 Å². The quantitative estimate of drug-likeness (QED) is 0.343. The number of nitrogens with zero attached hydrogens (tertiary/aromatic N) is 2. The topological polar surface area (TPSA) is 117 Å². The van der Waals surface area contributed by atoms with Crippen LogP contribution < -0.4 is 10.6 Å². The molecule has 2 N–H and O–H groups in total. The van der Waals surface area contributed by atoms with Crippen molar-refractivity contribution >= 4 is 23.8 Å². The third-order valence-corrected chi connectivity index (χ3v) is 7.60. The lowest BCUT2D eigenvalue weighted by atomic mass is 9.87. The normalized spacial score (nSPS) is 21.3. The Labute approximate surface area is 249 Å². The van der Waals surface area contributed by atoms with Crippen LogP contribution in [0.15, 0.2) is 36.4 Å². The van der Waals surface area contributed by atoms with Crippen molar-refractivity contribution in [3.05, 3.63) is 47.5 Å². The third-order valence-electron chi connectivity index (χ3n) is 7.60. The Morgan fingerprint density at radius 2 is 1.93 bits per heavy atom. The van der Waals surface area contributed by atoms with Gasteiger partial charge in [0.05, 0.1) is 12.1 Å². The van der Waals surface area contributed by atoms with E-state index in [2.05, 4.69) is 29.2 Å². The minimum atomic E-state index is -1.12. The summed E-state index contributed by atoms with van der Waals surface area (Å²) in [6, 6.07) is 5.00. The summed E-state index contributed by atoms with van der Waals surface area (Å²) in [6.45, 7) is 12.5. The molecule has 0 saturated carbocycles. The number of benzene rings is 1. The molecular formula is C32H44N4O6. The zero-order valence-corrected chi connectivity index (χ0v) is 25.6. The maximum atomic E-state index is 13.9. The van der Waals surface area contributed by atoms with Crippen LogP contribution in [-0.4, -0.2) is 83.6 Å². The minimum Gasteiger partial charge on any atom is -0.444 e. The predicted octanol–water partition coefficient (Wildman–Crippen LogP) is 3.12. The van der Waals surface area contributed by atoms with Gasteiger partial charge in [-0.05, 0) is 70.6 Å². The molecule has 1 saturated heterocycles. The van der Waals surface area contributed by atoms with Crippen molar-refractivity contribution < 1.29 is 28.7 Å². The number of hydrogen-bond donors (Lipinski definition) is 2. The van der Waals surface area contributed by atoms with Gasteiger partial charge >= 0.3 is 6.09 Å². The van der Waals surface area contributed by atoms with E-state index in [9.17, 15) is 19.2 Å². The van der Waals surface area contributed by atoms with Crippen LogP contribution in [0.3, 0.4) is 0 Å². The number of amides is 4. The van der Waals surface area contributed by atoms with Crippen LogP contribution in [-0.2, 0) is 30.3 Å². The Bertz CT molecular complexity index is 1230. The van der Waals surface area contributed by atoms with E-state index in [1.807, 2.05) is 18.2 Å². The highest BCUT2D eigenvalue weighted by atomic mass is 16.6. The van der Waals surface area contributed by atoms with E-state index in [-0.39, 0.29) is 31.5 Å². The second kappa shape index (κ2) is 13.9. The highest BCUT2D eigenvalue weighted by Crippen LogP contribution is 2.31. The maximum Gasteiger partial charge on any atom is 0.410 e. The molecule has 0 bridgehead atoms. The molecule has 1 aliphatic carbocycles. The Morgan fingerprint density at radius 1 is 1.24 bits per heavy atom. The summed E-state index contributed by atoms with van der Waals surface area (Å²) in [5, 5.41) is 5.87. The van der Waals surface area contributed by atoms with Gasteiger partial charge in [0.2, 0.25) is 17.7 Å². The average Bonchev–Trinajstić information content (AvgIpc) is 3.37. The number of aryl methyl sites for hydroxylation is 1. The van der Waals surface area contributed by atoms with Crippen LogP contribution in [0, 0.1) is 12.3 Å². The first-order chi connectivity index (χ1) is 19.7. The van der Waals surface area contributed by atoms with Crippen molar-refractivity contribution in [3.63, 3.8) is 0 Å². The number of ether oxygens (including phenoxy) is 2. The number of likely N-dealkylation sites (tertiary alicyclic amines) is 1. The molecule has 0 unspecified atom stereocenters. The first-order valence-corrected chi connectivity index (χ1v) is 14.4. The fourth-order valence-electron chi connectivity index (χ4n) is 5.24. The van der Waals surface area contributed by atoms with Gasteiger partial charge in [0.15, 0.2) is 0 Å². The van der Waals surface area contributed by atoms with Crippen molar-refractivity contribution in [1.29, 1.82) is 0 Å². The lowest BCUT2D eigenvalue weighted by Crippen LogP contribution is -2.57. The van der Waals surface area contributed by atoms with Crippen LogP contribution >= 0.6 is 0 Å². The molecule has 2 aliphatic rings. The molecule has 0 radical (unpaired) electrons. The number of carbonyl (C=O) groups is 4. The molecule has 42 heavy (non-hydrogen) atoms. The second-order valence-electron chi connectivity index (χ2n) is 12.1. The van der Waals surface area contributed by atoms with Gasteiger partial charge in [0.25, 0.3) is 0 Å². The highest BCUT2D eigenvalue weighted by molar-refractivity contribution is 5.95. The van der Waals surface area contributed by atoms with Crippen LogP contribution in [0.4, 0.5) is 4.79 Å². The van der Waals surface area contributed by atoms with Crippen molar-refractivity contribution in [2.24, 2.45) is 0 Å². The molecule has 0 spiro atoms. The predicted molar refractivity (Wildman–Crippen MR) is 159 cm³/mol. The van der Waals surface area contributed by atoms with Gasteiger partial charge in [0.1, 0.15) is 30.3 Å². The molecular weight excluding hydrogens is 536 g/mol. The van der Waals surface area contributed by atoms with Crippen LogP contribution in [0.5, 0.6) is 0 Å². The largest absolute Gasteiger partial charge is 0.444 e. The van der Waals surface area contributed by atoms with Crippen LogP contribution in [0.2, 0.25) is 0 Å². The van der Waals surface area contributed by atoms with E-state index in [1.54, 1.807) is 27.7 Å². The molecule has 1 aromatic carbocycles. The summed E-state index contributed by atoms with van der Waals surface area (Å²) in [6.07, 6.45) is 7.24. The van der Waals surface area contributed by atoms with Gasteiger partial charge in [-0.25, -0.2) is 4.79 Å². The lowest BCUT2D eigenvalue weighted by molar-refractivity contribution is -0.141. The number of hydrogen-bond acceptors (Lipinski definition) is 6. The average molecular weight is 581 g/mol. The van der Waals surface area contributed by atoms with E-state index in [4.69, 9.17) is 15.9 Å². The SMILES string of the molecule is C#CCO[C@H]1C[C@@H](C(=O)N[C@@H]2CCCc3ccccc32)N(C(=O)[C@@H](NC(=O)[C@H](C)N(C)C(=O)OC(C)(C)C)C(=C)C)C1. The maximum absolute atomic E-state index is 13.9. The van der Waals surface area contributed by atoms with Gasteiger partial charge in [0, 0.05) is 20.0 Å². The molecule has 228 valence electrons. The molecule has 1 aromatic rings. The molecule has 3 rings (SSSR count). The van der Waals surface area contributed by atoms with E-state index in [1.165, 1.54) is 29.3 Å². The zero-order chi connectivity index (χ0) is 31.2. The van der Waals surface area contributed by atoms with Crippen molar-refractivity contribution in [2.45, 2.75) is 96.2 Å². The van der Waals surface area contributed by atoms with E-state index < -0.39 is 47.7 Å². The van der Waals surface area contributed by atoms with Crippen LogP contribution in [0.25, 0.3) is 0 Å². The van der Waals surface area contributed by atoms with Gasteiger partial charge in [-0.1, -0.05) is 36.8 Å². The molecule has 1 heterocycles. The molecule has 10 heteroatoms. The van der Waals surface area contributed by atoms with Gasteiger partial charge < -0.3 is 25.0 Å². The van der Waals surface area contributed by atoms with E-state index >= 15 is 0 Å². The van der Waals surface area contributed by atoms with Crippen molar-refractivity contribution in [1.82, 2.24) is 20.4 Å². The molecule has 4 amide bonds. The summed E-state index contributed by atoms with van der Waals surface area (Å²) in [5.41, 5.74) is 1.94. The fourth-order valence-corrected chi connectivity index (χ4v) is 5.24. The van der Waals surface area contributed by atoms with E-state index in [0.29, 0.717) is 5.57 Å². The number of likely N-dealkylation sites (N-methyl/N-ethyl adjacent to an activating group) is 1. The Hall–Kier alpha value is -3.84. The first-order valence-electron chi connectivity index (χ1n) is 14.4. The minimum absolute atomic E-state index is 0.0478. The van der Waals surface area contributed by atoms with Crippen molar-refractivity contribution in [3.8, 4) is 12.3 Å². The summed E-state index contributed by atoms with van der Waals surface area (Å²) in [4.78, 5) is 55.9. The molecule has 1 aliphatic heterocycles. The number of nitrogens with one attached hydrogen (secondary N) is 2. The van der Waals surface area contributed by atoms with Gasteiger partial charge in [-0.15, -0.1) is 6.42 Å². The molecule has 0 aromatic heterocycles. The lowest BCUT2D eigenvalue weighted by Gasteiger charge is -2.32. The molecule has 1 fully saturated rings. The summed E-state index contributed by atoms with van der Waals surface area (Å²) in [5.74, 6) is 1.09. The number of terminal acetylenes is 1. The monoisotopic (exact) mass is 580 g/mol. The van der Waals surface area contributed by atoms with Crippen molar-refractivity contribution in [2.75, 3.05) is 20.2 Å². The standard InChI is InChI=1S/C32H44N4O6/c1-9-17-41-23-18-26(29(38)33-25-16-12-14-22-13-10-11-15-24(22)25)36(19-23)30(39)27(20(2)3)34-28(37)21(4)35(8)31(40)42-32(5,6)7/h1,10-11,13,15,21,23,25-27H,2,12,14,16-19H2,3-8H3,(H,33,38)(H,34,37)/t21-,23-,25+,26-,27-/m0/s1. The fraction of sp³-hybridized carbons (Fsp3) is 0.562. The summed E-state index contributed by atoms with van der Waals surface area (Å²) < 4.78 is 11.1. The Balaban J connectivity index is 1.78. The van der Waals surface area contributed by atoms with Gasteiger partial charge in [-0.3, -0.25) is 19.3 Å². The summed E-state index contributed by atoms with van der Waals surface area (Å²) >= 11 is 0. The number of fused-ring (bicyclic) bond motifs is 1. The van der Waals surface area contributed by atoms with E-state index in [0.717, 1.165) is 24.8 Å². The smallest absolute Gasteiger partial charge is 0.410 e. The second-order valence-corrected chi connectivity index (χ2v) is 12.1. The summed E-state index contributed by atoms with van der Waals surface area (Å²) in [7, 11) is 1.45. The Morgan fingerprint density at radius 3 is 2.57 bits per heavy atom. The third kappa shape index (κ3) is 8.13. The number of carbonyl (C=O) groups excluding carboxylic acids is 4. The molecule has 5 atom stereocenters. The molecule has 10 nitrogen and oxygen atoms in total. The van der Waals surface area contributed by atoms with Crippen LogP contribution in [0.1, 0.15) is 71.0 Å². The zero-order valence-electron chi connectivity index (χ0n) is 25.6. The number of rotatable bonds is 9. The first kappa shape index (κ1) is 32.7. The Kier molecular flexibility index (Phi) is 10.8.